The number of rotatable bonds is 4. The van der Waals surface area contributed by atoms with Gasteiger partial charge in [-0.3, -0.25) is 14.9 Å². The zero-order valence-corrected chi connectivity index (χ0v) is 12.5. The van der Waals surface area contributed by atoms with Crippen molar-refractivity contribution in [2.75, 3.05) is 5.32 Å². The van der Waals surface area contributed by atoms with Gasteiger partial charge in [0.15, 0.2) is 0 Å². The Balaban J connectivity index is 2.16. The van der Waals surface area contributed by atoms with Crippen molar-refractivity contribution in [1.29, 1.82) is 0 Å². The lowest BCUT2D eigenvalue weighted by molar-refractivity contribution is -0.384. The first-order valence-corrected chi connectivity index (χ1v) is 6.84. The Bertz CT molecular complexity index is 757. The molecule has 2 aromatic carbocycles. The summed E-state index contributed by atoms with van der Waals surface area (Å²) in [5.41, 5.74) is 1.46. The standard InChI is InChI=1S/C16H13ClN2O3/c1-11-6-8-14(15(10-11)19(21)22)18-16(20)9-7-12-4-2-3-5-13(12)17/h2-10H,1H3,(H,18,20)/b9-7+. The fourth-order valence-electron chi connectivity index (χ4n) is 1.85. The molecule has 0 aliphatic heterocycles. The summed E-state index contributed by atoms with van der Waals surface area (Å²) in [5.74, 6) is -0.466. The molecule has 0 fully saturated rings. The summed E-state index contributed by atoms with van der Waals surface area (Å²) >= 11 is 5.98. The van der Waals surface area contributed by atoms with Gasteiger partial charge < -0.3 is 5.32 Å². The quantitative estimate of drug-likeness (QED) is 0.521. The van der Waals surface area contributed by atoms with Gasteiger partial charge in [0.25, 0.3) is 5.69 Å². The van der Waals surface area contributed by atoms with Crippen LogP contribution in [-0.2, 0) is 4.79 Å². The fourth-order valence-corrected chi connectivity index (χ4v) is 2.05. The normalized spacial score (nSPS) is 10.6. The van der Waals surface area contributed by atoms with Crippen molar-refractivity contribution in [2.45, 2.75) is 6.92 Å². The molecule has 0 aliphatic carbocycles. The number of anilines is 1. The van der Waals surface area contributed by atoms with Gasteiger partial charge in [-0.05, 0) is 36.3 Å². The number of nitrogens with one attached hydrogen (secondary N) is 1. The van der Waals surface area contributed by atoms with E-state index in [1.165, 1.54) is 18.2 Å². The van der Waals surface area contributed by atoms with Crippen LogP contribution in [0.3, 0.4) is 0 Å². The van der Waals surface area contributed by atoms with Crippen LogP contribution in [0, 0.1) is 17.0 Å². The van der Waals surface area contributed by atoms with E-state index < -0.39 is 10.8 Å². The second-order valence-corrected chi connectivity index (χ2v) is 5.03. The zero-order chi connectivity index (χ0) is 16.1. The molecule has 0 spiro atoms. The number of amides is 1. The SMILES string of the molecule is Cc1ccc(NC(=O)/C=C/c2ccccc2Cl)c([N+](=O)[O-])c1. The fraction of sp³-hybridized carbons (Fsp3) is 0.0625. The van der Waals surface area contributed by atoms with Gasteiger partial charge in [-0.25, -0.2) is 0 Å². The molecule has 0 bridgehead atoms. The molecule has 112 valence electrons. The number of carbonyl (C=O) groups is 1. The third kappa shape index (κ3) is 3.93. The van der Waals surface area contributed by atoms with E-state index in [1.807, 2.05) is 0 Å². The van der Waals surface area contributed by atoms with Gasteiger partial charge in [0.2, 0.25) is 5.91 Å². The maximum Gasteiger partial charge on any atom is 0.293 e. The number of hydrogen-bond donors (Lipinski definition) is 1. The van der Waals surface area contributed by atoms with Crippen molar-refractivity contribution in [3.05, 3.63) is 74.8 Å². The summed E-state index contributed by atoms with van der Waals surface area (Å²) in [5, 5.41) is 14.0. The minimum absolute atomic E-state index is 0.139. The maximum atomic E-state index is 11.9. The molecule has 5 nitrogen and oxygen atoms in total. The second-order valence-electron chi connectivity index (χ2n) is 4.62. The highest BCUT2D eigenvalue weighted by molar-refractivity contribution is 6.32. The van der Waals surface area contributed by atoms with Gasteiger partial charge in [-0.1, -0.05) is 35.9 Å². The molecular weight excluding hydrogens is 304 g/mol. The van der Waals surface area contributed by atoms with E-state index in [0.717, 1.165) is 5.56 Å². The zero-order valence-electron chi connectivity index (χ0n) is 11.7. The summed E-state index contributed by atoms with van der Waals surface area (Å²) in [6, 6.07) is 11.7. The van der Waals surface area contributed by atoms with Crippen LogP contribution in [0.4, 0.5) is 11.4 Å². The predicted octanol–water partition coefficient (Wildman–Crippen LogP) is 4.21. The Kier molecular flexibility index (Phi) is 4.91. The van der Waals surface area contributed by atoms with E-state index in [0.29, 0.717) is 10.6 Å². The van der Waals surface area contributed by atoms with Crippen molar-refractivity contribution in [3.8, 4) is 0 Å². The Morgan fingerprint density at radius 2 is 2.00 bits per heavy atom. The number of nitro benzene ring substituents is 1. The van der Waals surface area contributed by atoms with Crippen molar-refractivity contribution < 1.29 is 9.72 Å². The molecule has 0 saturated carbocycles. The van der Waals surface area contributed by atoms with Crippen LogP contribution < -0.4 is 5.32 Å². The Labute approximate surface area is 132 Å². The molecule has 0 saturated heterocycles. The molecule has 0 aliphatic rings. The molecule has 2 rings (SSSR count). The highest BCUT2D eigenvalue weighted by atomic mass is 35.5. The summed E-state index contributed by atoms with van der Waals surface area (Å²) in [6.07, 6.45) is 2.84. The molecule has 6 heteroatoms. The largest absolute Gasteiger partial charge is 0.317 e. The third-order valence-electron chi connectivity index (χ3n) is 2.93. The van der Waals surface area contributed by atoms with Crippen LogP contribution in [0.15, 0.2) is 48.5 Å². The molecule has 1 amide bonds. The van der Waals surface area contributed by atoms with Gasteiger partial charge >= 0.3 is 0 Å². The van der Waals surface area contributed by atoms with Crippen LogP contribution in [0.5, 0.6) is 0 Å². The molecule has 0 aromatic heterocycles. The first kappa shape index (κ1) is 15.7. The third-order valence-corrected chi connectivity index (χ3v) is 3.27. The molecule has 2 aromatic rings. The van der Waals surface area contributed by atoms with E-state index in [4.69, 9.17) is 11.6 Å². The summed E-state index contributed by atoms with van der Waals surface area (Å²) < 4.78 is 0. The number of carbonyl (C=O) groups excluding carboxylic acids is 1. The number of halogens is 1. The maximum absolute atomic E-state index is 11.9. The minimum atomic E-state index is -0.527. The highest BCUT2D eigenvalue weighted by Crippen LogP contribution is 2.25. The van der Waals surface area contributed by atoms with E-state index in [-0.39, 0.29) is 11.4 Å². The lowest BCUT2D eigenvalue weighted by Gasteiger charge is -2.04. The summed E-state index contributed by atoms with van der Waals surface area (Å²) in [6.45, 7) is 1.75. The lowest BCUT2D eigenvalue weighted by atomic mass is 10.2. The van der Waals surface area contributed by atoms with Crippen LogP contribution in [0.1, 0.15) is 11.1 Å². The average molecular weight is 317 g/mol. The van der Waals surface area contributed by atoms with Crippen LogP contribution in [-0.4, -0.2) is 10.8 Å². The molecule has 0 heterocycles. The van der Waals surface area contributed by atoms with Gasteiger partial charge in [0.05, 0.1) is 4.92 Å². The number of nitro groups is 1. The number of hydrogen-bond acceptors (Lipinski definition) is 3. The van der Waals surface area contributed by atoms with E-state index in [1.54, 1.807) is 43.3 Å². The summed E-state index contributed by atoms with van der Waals surface area (Å²) in [7, 11) is 0. The topological polar surface area (TPSA) is 72.2 Å². The number of aryl methyl sites for hydroxylation is 1. The Morgan fingerprint density at radius 3 is 2.68 bits per heavy atom. The van der Waals surface area contributed by atoms with E-state index in [9.17, 15) is 14.9 Å². The summed E-state index contributed by atoms with van der Waals surface area (Å²) in [4.78, 5) is 22.4. The molecule has 0 atom stereocenters. The van der Waals surface area contributed by atoms with Crippen LogP contribution >= 0.6 is 11.6 Å². The molecule has 0 radical (unpaired) electrons. The van der Waals surface area contributed by atoms with E-state index in [2.05, 4.69) is 5.32 Å². The lowest BCUT2D eigenvalue weighted by Crippen LogP contribution is -2.09. The second kappa shape index (κ2) is 6.87. The monoisotopic (exact) mass is 316 g/mol. The van der Waals surface area contributed by atoms with Crippen LogP contribution in [0.25, 0.3) is 6.08 Å². The highest BCUT2D eigenvalue weighted by Gasteiger charge is 2.14. The van der Waals surface area contributed by atoms with E-state index >= 15 is 0 Å². The Morgan fingerprint density at radius 1 is 1.27 bits per heavy atom. The molecule has 22 heavy (non-hydrogen) atoms. The number of nitrogens with zero attached hydrogens (tertiary/aromatic N) is 1. The molecule has 0 unspecified atom stereocenters. The first-order valence-electron chi connectivity index (χ1n) is 6.46. The van der Waals surface area contributed by atoms with Crippen molar-refractivity contribution in [1.82, 2.24) is 0 Å². The van der Waals surface area contributed by atoms with Crippen molar-refractivity contribution in [3.63, 3.8) is 0 Å². The van der Waals surface area contributed by atoms with Crippen molar-refractivity contribution >= 4 is 35.0 Å². The molecular formula is C16H13ClN2O3. The first-order chi connectivity index (χ1) is 10.5. The Hall–Kier alpha value is -2.66. The average Bonchev–Trinajstić information content (AvgIpc) is 2.48. The van der Waals surface area contributed by atoms with Gasteiger partial charge in [-0.2, -0.15) is 0 Å². The number of benzene rings is 2. The molecule has 1 N–H and O–H groups in total. The minimum Gasteiger partial charge on any atom is -0.317 e. The van der Waals surface area contributed by atoms with Gasteiger partial charge in [-0.15, -0.1) is 0 Å². The van der Waals surface area contributed by atoms with Gasteiger partial charge in [0.1, 0.15) is 5.69 Å². The van der Waals surface area contributed by atoms with Crippen LogP contribution in [0.2, 0.25) is 5.02 Å². The van der Waals surface area contributed by atoms with Crippen molar-refractivity contribution in [2.24, 2.45) is 0 Å². The predicted molar refractivity (Wildman–Crippen MR) is 86.9 cm³/mol. The smallest absolute Gasteiger partial charge is 0.293 e. The van der Waals surface area contributed by atoms with Gasteiger partial charge in [0, 0.05) is 17.2 Å².